The van der Waals surface area contributed by atoms with Gasteiger partial charge in [0.05, 0.1) is 18.7 Å². The van der Waals surface area contributed by atoms with Gasteiger partial charge in [0.1, 0.15) is 0 Å². The Labute approximate surface area is 164 Å². The highest BCUT2D eigenvalue weighted by atomic mass is 16.5. The Hall–Kier alpha value is -3.35. The van der Waals surface area contributed by atoms with Gasteiger partial charge in [-0.05, 0) is 48.9 Å². The summed E-state index contributed by atoms with van der Waals surface area (Å²) in [5.74, 6) is -0.683. The molecule has 2 aromatic carbocycles. The summed E-state index contributed by atoms with van der Waals surface area (Å²) >= 11 is 0. The van der Waals surface area contributed by atoms with Gasteiger partial charge in [-0.1, -0.05) is 19.9 Å². The van der Waals surface area contributed by atoms with Crippen LogP contribution in [0.4, 0.5) is 17.1 Å². The average Bonchev–Trinajstić information content (AvgIpc) is 2.71. The number of rotatable bonds is 9. The fraction of sp³-hybridized carbons (Fsp3) is 0.286. The molecule has 148 valence electrons. The lowest BCUT2D eigenvalue weighted by molar-refractivity contribution is -0.116. The van der Waals surface area contributed by atoms with Crippen LogP contribution in [0.25, 0.3) is 0 Å². The first kappa shape index (κ1) is 21.0. The van der Waals surface area contributed by atoms with Crippen LogP contribution in [0.5, 0.6) is 0 Å². The molecule has 0 aliphatic heterocycles. The smallest absolute Gasteiger partial charge is 0.338 e. The van der Waals surface area contributed by atoms with Crippen LogP contribution in [-0.2, 0) is 14.3 Å². The van der Waals surface area contributed by atoms with Crippen molar-refractivity contribution in [3.63, 3.8) is 0 Å². The number of hydrogen-bond donors (Lipinski definition) is 3. The summed E-state index contributed by atoms with van der Waals surface area (Å²) in [4.78, 5) is 35.3. The summed E-state index contributed by atoms with van der Waals surface area (Å²) in [6.07, 6.45) is 1.16. The third-order valence-electron chi connectivity index (χ3n) is 3.76. The van der Waals surface area contributed by atoms with E-state index in [9.17, 15) is 14.4 Å². The molecule has 0 aromatic heterocycles. The van der Waals surface area contributed by atoms with Crippen LogP contribution >= 0.6 is 0 Å². The van der Waals surface area contributed by atoms with Gasteiger partial charge in [-0.3, -0.25) is 9.59 Å². The van der Waals surface area contributed by atoms with E-state index in [1.54, 1.807) is 49.4 Å². The van der Waals surface area contributed by atoms with Gasteiger partial charge in [-0.2, -0.15) is 0 Å². The number of esters is 1. The highest BCUT2D eigenvalue weighted by Crippen LogP contribution is 2.15. The zero-order valence-electron chi connectivity index (χ0n) is 16.1. The summed E-state index contributed by atoms with van der Waals surface area (Å²) in [6, 6.07) is 13.7. The van der Waals surface area contributed by atoms with Crippen LogP contribution in [0.15, 0.2) is 48.5 Å². The SMILES string of the molecule is CCCOC(=O)c1ccc(NC(=O)CNc2cccc(NC(=O)CC)c2)cc1. The van der Waals surface area contributed by atoms with Gasteiger partial charge < -0.3 is 20.7 Å². The molecule has 2 aromatic rings. The molecule has 0 saturated carbocycles. The summed E-state index contributed by atoms with van der Waals surface area (Å²) in [7, 11) is 0. The van der Waals surface area contributed by atoms with Crippen LogP contribution in [0.3, 0.4) is 0 Å². The van der Waals surface area contributed by atoms with E-state index in [1.807, 2.05) is 13.0 Å². The lowest BCUT2D eigenvalue weighted by atomic mass is 10.2. The Bertz CT molecular complexity index is 819. The number of carbonyl (C=O) groups excluding carboxylic acids is 3. The van der Waals surface area contributed by atoms with E-state index < -0.39 is 0 Å². The summed E-state index contributed by atoms with van der Waals surface area (Å²) in [5, 5.41) is 8.54. The molecule has 28 heavy (non-hydrogen) atoms. The number of carbonyl (C=O) groups is 3. The topological polar surface area (TPSA) is 96.5 Å². The van der Waals surface area contributed by atoms with Gasteiger partial charge >= 0.3 is 5.97 Å². The molecular formula is C21H25N3O4. The standard InChI is InChI=1S/C21H25N3O4/c1-3-12-28-21(27)15-8-10-16(11-9-15)23-20(26)14-22-17-6-5-7-18(13-17)24-19(25)4-2/h5-11,13,22H,3-4,12,14H2,1-2H3,(H,23,26)(H,24,25). The van der Waals surface area contributed by atoms with E-state index in [-0.39, 0.29) is 24.3 Å². The molecule has 0 atom stereocenters. The molecule has 0 heterocycles. The number of benzene rings is 2. The minimum Gasteiger partial charge on any atom is -0.462 e. The van der Waals surface area contributed by atoms with E-state index >= 15 is 0 Å². The van der Waals surface area contributed by atoms with Crippen molar-refractivity contribution in [2.75, 3.05) is 29.1 Å². The summed E-state index contributed by atoms with van der Waals surface area (Å²) in [6.45, 7) is 4.15. The highest BCUT2D eigenvalue weighted by molar-refractivity contribution is 5.95. The monoisotopic (exact) mass is 383 g/mol. The van der Waals surface area contributed by atoms with Crippen LogP contribution in [0.2, 0.25) is 0 Å². The fourth-order valence-electron chi connectivity index (χ4n) is 2.31. The Morgan fingerprint density at radius 1 is 0.857 bits per heavy atom. The molecule has 0 radical (unpaired) electrons. The maximum Gasteiger partial charge on any atom is 0.338 e. The number of anilines is 3. The zero-order chi connectivity index (χ0) is 20.4. The number of nitrogens with one attached hydrogen (secondary N) is 3. The molecule has 0 unspecified atom stereocenters. The maximum atomic E-state index is 12.1. The number of ether oxygens (including phenoxy) is 1. The Morgan fingerprint density at radius 2 is 1.54 bits per heavy atom. The molecular weight excluding hydrogens is 358 g/mol. The minimum atomic E-state index is -0.378. The first-order valence-corrected chi connectivity index (χ1v) is 9.22. The van der Waals surface area contributed by atoms with Crippen molar-refractivity contribution in [1.82, 2.24) is 0 Å². The lowest BCUT2D eigenvalue weighted by Crippen LogP contribution is -2.21. The average molecular weight is 383 g/mol. The minimum absolute atomic E-state index is 0.0610. The Balaban J connectivity index is 1.85. The van der Waals surface area contributed by atoms with E-state index in [0.29, 0.717) is 30.0 Å². The highest BCUT2D eigenvalue weighted by Gasteiger charge is 2.08. The molecule has 2 rings (SSSR count). The molecule has 3 N–H and O–H groups in total. The summed E-state index contributed by atoms with van der Waals surface area (Å²) in [5.41, 5.74) is 2.42. The molecule has 0 aliphatic rings. The molecule has 7 nitrogen and oxygen atoms in total. The van der Waals surface area contributed by atoms with Crippen molar-refractivity contribution in [3.8, 4) is 0 Å². The maximum absolute atomic E-state index is 12.1. The van der Waals surface area contributed by atoms with E-state index in [0.717, 1.165) is 12.1 Å². The molecule has 0 fully saturated rings. The fourth-order valence-corrected chi connectivity index (χ4v) is 2.31. The van der Waals surface area contributed by atoms with Crippen LogP contribution in [0.1, 0.15) is 37.0 Å². The molecule has 0 aliphatic carbocycles. The first-order valence-electron chi connectivity index (χ1n) is 9.22. The second-order valence-corrected chi connectivity index (χ2v) is 6.10. The zero-order valence-corrected chi connectivity index (χ0v) is 16.1. The van der Waals surface area contributed by atoms with Crippen LogP contribution in [0, 0.1) is 0 Å². The quantitative estimate of drug-likeness (QED) is 0.574. The van der Waals surface area contributed by atoms with E-state index in [2.05, 4.69) is 16.0 Å². The number of amides is 2. The van der Waals surface area contributed by atoms with Gasteiger partial charge in [0.15, 0.2) is 0 Å². The predicted octanol–water partition coefficient (Wildman–Crippen LogP) is 3.65. The molecule has 0 spiro atoms. The van der Waals surface area contributed by atoms with Gasteiger partial charge in [0.2, 0.25) is 11.8 Å². The van der Waals surface area contributed by atoms with E-state index in [1.165, 1.54) is 0 Å². The van der Waals surface area contributed by atoms with Crippen molar-refractivity contribution in [3.05, 3.63) is 54.1 Å². The second kappa shape index (κ2) is 10.7. The van der Waals surface area contributed by atoms with Gasteiger partial charge in [0.25, 0.3) is 0 Å². The van der Waals surface area contributed by atoms with Crippen molar-refractivity contribution >= 4 is 34.8 Å². The van der Waals surface area contributed by atoms with Crippen molar-refractivity contribution in [1.29, 1.82) is 0 Å². The second-order valence-electron chi connectivity index (χ2n) is 6.10. The van der Waals surface area contributed by atoms with E-state index in [4.69, 9.17) is 4.74 Å². The van der Waals surface area contributed by atoms with Crippen LogP contribution in [-0.4, -0.2) is 30.9 Å². The van der Waals surface area contributed by atoms with Crippen LogP contribution < -0.4 is 16.0 Å². The third-order valence-corrected chi connectivity index (χ3v) is 3.76. The summed E-state index contributed by atoms with van der Waals surface area (Å²) < 4.78 is 5.06. The number of hydrogen-bond acceptors (Lipinski definition) is 5. The normalized spacial score (nSPS) is 10.1. The predicted molar refractivity (Wildman–Crippen MR) is 109 cm³/mol. The van der Waals surface area contributed by atoms with Gasteiger partial charge in [0, 0.05) is 23.5 Å². The van der Waals surface area contributed by atoms with Gasteiger partial charge in [-0.25, -0.2) is 4.79 Å². The molecule has 7 heteroatoms. The third kappa shape index (κ3) is 6.75. The van der Waals surface area contributed by atoms with Crippen molar-refractivity contribution < 1.29 is 19.1 Å². The van der Waals surface area contributed by atoms with Gasteiger partial charge in [-0.15, -0.1) is 0 Å². The Morgan fingerprint density at radius 3 is 2.21 bits per heavy atom. The molecule has 0 saturated heterocycles. The van der Waals surface area contributed by atoms with Crippen molar-refractivity contribution in [2.45, 2.75) is 26.7 Å². The molecule has 2 amide bonds. The molecule has 0 bridgehead atoms. The van der Waals surface area contributed by atoms with Crippen molar-refractivity contribution in [2.24, 2.45) is 0 Å². The first-order chi connectivity index (χ1) is 13.5. The largest absolute Gasteiger partial charge is 0.462 e. The Kier molecular flexibility index (Phi) is 8.02. The lowest BCUT2D eigenvalue weighted by Gasteiger charge is -2.10.